The topological polar surface area (TPSA) is 56.6 Å². The predicted octanol–water partition coefficient (Wildman–Crippen LogP) is 3.55. The van der Waals surface area contributed by atoms with Crippen molar-refractivity contribution in [2.45, 2.75) is 51.6 Å². The summed E-state index contributed by atoms with van der Waals surface area (Å²) in [5.41, 5.74) is 4.12. The second kappa shape index (κ2) is 8.19. The third kappa shape index (κ3) is 3.90. The number of methoxy groups -OCH3 is 1. The number of carbonyl (C=O) groups excluding carboxylic acids is 1. The van der Waals surface area contributed by atoms with Crippen LogP contribution in [0.1, 0.15) is 59.9 Å². The Bertz CT molecular complexity index is 883. The normalized spacial score (nSPS) is 20.0. The maximum Gasteiger partial charge on any atom is 0.272 e. The highest BCUT2D eigenvalue weighted by Crippen LogP contribution is 2.34. The van der Waals surface area contributed by atoms with Gasteiger partial charge in [-0.25, -0.2) is 0 Å². The summed E-state index contributed by atoms with van der Waals surface area (Å²) in [6.07, 6.45) is 2.85. The molecule has 0 aliphatic carbocycles. The summed E-state index contributed by atoms with van der Waals surface area (Å²) in [4.78, 5) is 15.7. The fourth-order valence-corrected chi connectivity index (χ4v) is 4.57. The van der Waals surface area contributed by atoms with Gasteiger partial charge in [-0.2, -0.15) is 5.10 Å². The Morgan fingerprint density at radius 2 is 1.97 bits per heavy atom. The lowest BCUT2D eigenvalue weighted by atomic mass is 9.82. The number of aryl methyl sites for hydroxylation is 1. The second-order valence-corrected chi connectivity index (χ2v) is 8.52. The van der Waals surface area contributed by atoms with Gasteiger partial charge in [-0.3, -0.25) is 9.48 Å². The fourth-order valence-electron chi connectivity index (χ4n) is 4.57. The van der Waals surface area contributed by atoms with E-state index in [0.29, 0.717) is 24.1 Å². The van der Waals surface area contributed by atoms with Gasteiger partial charge in [0.25, 0.3) is 5.91 Å². The highest BCUT2D eigenvalue weighted by molar-refractivity contribution is 5.93. The number of nitrogens with zero attached hydrogens (tertiary/aromatic N) is 3. The molecule has 2 aromatic rings. The van der Waals surface area contributed by atoms with Crippen molar-refractivity contribution in [2.75, 3.05) is 20.3 Å². The Morgan fingerprint density at radius 3 is 2.62 bits per heavy atom. The van der Waals surface area contributed by atoms with Gasteiger partial charge in [0.15, 0.2) is 0 Å². The molecular weight excluding hydrogens is 366 g/mol. The van der Waals surface area contributed by atoms with Crippen molar-refractivity contribution in [2.24, 2.45) is 13.0 Å². The number of fused-ring (bicyclic) bond motifs is 1. The van der Waals surface area contributed by atoms with Crippen molar-refractivity contribution in [1.29, 1.82) is 0 Å². The average molecular weight is 398 g/mol. The zero-order chi connectivity index (χ0) is 20.5. The number of rotatable bonds is 4. The van der Waals surface area contributed by atoms with E-state index in [0.717, 1.165) is 43.9 Å². The second-order valence-electron chi connectivity index (χ2n) is 8.52. The molecule has 29 heavy (non-hydrogen) atoms. The summed E-state index contributed by atoms with van der Waals surface area (Å²) in [6, 6.07) is 8.33. The minimum atomic E-state index is 0.0739. The third-order valence-corrected chi connectivity index (χ3v) is 6.36. The molecule has 0 spiro atoms. The van der Waals surface area contributed by atoms with Crippen molar-refractivity contribution in [3.63, 3.8) is 0 Å². The molecule has 1 atom stereocenters. The van der Waals surface area contributed by atoms with Crippen LogP contribution in [-0.2, 0) is 24.8 Å². The summed E-state index contributed by atoms with van der Waals surface area (Å²) in [6.45, 7) is 6.38. The van der Waals surface area contributed by atoms with Crippen molar-refractivity contribution in [3.8, 4) is 5.75 Å². The van der Waals surface area contributed by atoms with Crippen molar-refractivity contribution in [1.82, 2.24) is 14.7 Å². The van der Waals surface area contributed by atoms with Gasteiger partial charge >= 0.3 is 0 Å². The van der Waals surface area contributed by atoms with Crippen LogP contribution in [0, 0.1) is 5.92 Å². The Balaban J connectivity index is 1.69. The van der Waals surface area contributed by atoms with E-state index in [9.17, 15) is 4.79 Å². The van der Waals surface area contributed by atoms with E-state index in [1.54, 1.807) is 11.8 Å². The molecule has 1 fully saturated rings. The largest absolute Gasteiger partial charge is 0.497 e. The standard InChI is InChI=1S/C23H31N3O3/c1-15(2)20-13-22(25(3)24-20)23(27)26-14-17-5-6-19(28-4)11-18(17)12-21(26)16-7-9-29-10-8-16/h5-6,11,13,15-16,21H,7-10,12,14H2,1-4H3. The van der Waals surface area contributed by atoms with Crippen LogP contribution < -0.4 is 4.74 Å². The number of amides is 1. The van der Waals surface area contributed by atoms with Crippen LogP contribution in [0.3, 0.4) is 0 Å². The van der Waals surface area contributed by atoms with E-state index in [4.69, 9.17) is 9.47 Å². The first kappa shape index (κ1) is 20.0. The molecule has 6 nitrogen and oxygen atoms in total. The Morgan fingerprint density at radius 1 is 1.21 bits per heavy atom. The maximum atomic E-state index is 13.7. The number of carbonyl (C=O) groups is 1. The number of hydrogen-bond acceptors (Lipinski definition) is 4. The minimum absolute atomic E-state index is 0.0739. The molecule has 1 saturated heterocycles. The highest BCUT2D eigenvalue weighted by atomic mass is 16.5. The van der Waals surface area contributed by atoms with E-state index in [1.165, 1.54) is 11.1 Å². The lowest BCUT2D eigenvalue weighted by Crippen LogP contribution is -2.49. The van der Waals surface area contributed by atoms with Crippen LogP contribution >= 0.6 is 0 Å². The van der Waals surface area contributed by atoms with Crippen LogP contribution in [0.5, 0.6) is 5.75 Å². The first-order valence-corrected chi connectivity index (χ1v) is 10.6. The quantitative estimate of drug-likeness (QED) is 0.792. The SMILES string of the molecule is COc1ccc2c(c1)CC(C1CCOCC1)N(C(=O)c1cc(C(C)C)nn1C)C2. The first-order chi connectivity index (χ1) is 14.0. The number of aromatic nitrogens is 2. The van der Waals surface area contributed by atoms with Gasteiger partial charge in [-0.1, -0.05) is 19.9 Å². The van der Waals surface area contributed by atoms with E-state index in [1.807, 2.05) is 19.2 Å². The Labute approximate surface area is 172 Å². The maximum absolute atomic E-state index is 13.7. The molecule has 0 bridgehead atoms. The predicted molar refractivity (Wildman–Crippen MR) is 111 cm³/mol. The molecule has 156 valence electrons. The van der Waals surface area contributed by atoms with Crippen molar-refractivity contribution >= 4 is 5.91 Å². The molecule has 0 saturated carbocycles. The van der Waals surface area contributed by atoms with Crippen molar-refractivity contribution in [3.05, 3.63) is 46.8 Å². The Kier molecular flexibility index (Phi) is 5.63. The summed E-state index contributed by atoms with van der Waals surface area (Å²) >= 11 is 0. The van der Waals surface area contributed by atoms with Gasteiger partial charge in [0.2, 0.25) is 0 Å². The van der Waals surface area contributed by atoms with Gasteiger partial charge in [0, 0.05) is 32.8 Å². The summed E-state index contributed by atoms with van der Waals surface area (Å²) < 4.78 is 12.8. The molecule has 3 heterocycles. The minimum Gasteiger partial charge on any atom is -0.497 e. The number of hydrogen-bond donors (Lipinski definition) is 0. The average Bonchev–Trinajstić information content (AvgIpc) is 3.14. The summed E-state index contributed by atoms with van der Waals surface area (Å²) in [7, 11) is 3.57. The summed E-state index contributed by atoms with van der Waals surface area (Å²) in [5, 5.41) is 4.56. The smallest absolute Gasteiger partial charge is 0.272 e. The van der Waals surface area contributed by atoms with E-state index < -0.39 is 0 Å². The molecule has 2 aliphatic rings. The molecule has 0 radical (unpaired) electrons. The van der Waals surface area contributed by atoms with Crippen LogP contribution in [0.4, 0.5) is 0 Å². The lowest BCUT2D eigenvalue weighted by molar-refractivity contribution is 0.0175. The zero-order valence-corrected chi connectivity index (χ0v) is 17.9. The molecule has 1 amide bonds. The zero-order valence-electron chi connectivity index (χ0n) is 17.9. The third-order valence-electron chi connectivity index (χ3n) is 6.36. The molecule has 1 aromatic heterocycles. The highest BCUT2D eigenvalue weighted by Gasteiger charge is 2.37. The molecule has 1 unspecified atom stereocenters. The number of benzene rings is 1. The van der Waals surface area contributed by atoms with E-state index in [-0.39, 0.29) is 11.9 Å². The van der Waals surface area contributed by atoms with Crippen LogP contribution in [0.15, 0.2) is 24.3 Å². The van der Waals surface area contributed by atoms with Gasteiger partial charge in [0.05, 0.1) is 12.8 Å². The van der Waals surface area contributed by atoms with Gasteiger partial charge < -0.3 is 14.4 Å². The fraction of sp³-hybridized carbons (Fsp3) is 0.565. The van der Waals surface area contributed by atoms with Crippen LogP contribution in [0.25, 0.3) is 0 Å². The lowest BCUT2D eigenvalue weighted by Gasteiger charge is -2.42. The van der Waals surface area contributed by atoms with Crippen LogP contribution in [-0.4, -0.2) is 47.0 Å². The monoisotopic (exact) mass is 397 g/mol. The number of ether oxygens (including phenoxy) is 2. The van der Waals surface area contributed by atoms with Gasteiger partial charge in [0.1, 0.15) is 11.4 Å². The first-order valence-electron chi connectivity index (χ1n) is 10.6. The molecule has 1 aromatic carbocycles. The Hall–Kier alpha value is -2.34. The van der Waals surface area contributed by atoms with Gasteiger partial charge in [-0.05, 0) is 60.4 Å². The summed E-state index contributed by atoms with van der Waals surface area (Å²) in [5.74, 6) is 1.70. The van der Waals surface area contributed by atoms with Crippen molar-refractivity contribution < 1.29 is 14.3 Å². The molecule has 2 aliphatic heterocycles. The van der Waals surface area contributed by atoms with E-state index in [2.05, 4.69) is 36.0 Å². The van der Waals surface area contributed by atoms with E-state index >= 15 is 0 Å². The van der Waals surface area contributed by atoms with Crippen LogP contribution in [0.2, 0.25) is 0 Å². The molecule has 6 heteroatoms. The van der Waals surface area contributed by atoms with Gasteiger partial charge in [-0.15, -0.1) is 0 Å². The molecular formula is C23H31N3O3. The molecule has 0 N–H and O–H groups in total. The molecule has 4 rings (SSSR count).